The molecule has 0 spiro atoms. The molecule has 1 saturated heterocycles. The number of fused-ring (bicyclic) bond motifs is 1. The van der Waals surface area contributed by atoms with Gasteiger partial charge in [-0.25, -0.2) is 4.39 Å². The molecule has 1 fully saturated rings. The van der Waals surface area contributed by atoms with E-state index >= 15 is 0 Å². The standard InChI is InChI=1S/C16H16FNOS/c1-18(11-8-9-20-10-11)16(19)14-6-7-15(17)13-5-3-2-4-12(13)14/h2-7,11H,8-10H2,1H3. The van der Waals surface area contributed by atoms with Crippen molar-refractivity contribution in [2.24, 2.45) is 0 Å². The Kier molecular flexibility index (Phi) is 3.66. The molecule has 4 heteroatoms. The summed E-state index contributed by atoms with van der Waals surface area (Å²) in [4.78, 5) is 14.5. The Morgan fingerprint density at radius 1 is 1.25 bits per heavy atom. The molecule has 0 aromatic heterocycles. The van der Waals surface area contributed by atoms with E-state index in [1.54, 1.807) is 23.1 Å². The van der Waals surface area contributed by atoms with Gasteiger partial charge in [0, 0.05) is 29.8 Å². The van der Waals surface area contributed by atoms with Crippen LogP contribution in [0.15, 0.2) is 36.4 Å². The summed E-state index contributed by atoms with van der Waals surface area (Å²) in [5.41, 5.74) is 0.585. The fourth-order valence-corrected chi connectivity index (χ4v) is 3.90. The van der Waals surface area contributed by atoms with Crippen molar-refractivity contribution in [3.05, 3.63) is 47.8 Å². The highest BCUT2D eigenvalue weighted by Gasteiger charge is 2.25. The molecule has 2 nitrogen and oxygen atoms in total. The SMILES string of the molecule is CN(C(=O)c1ccc(F)c2ccccc12)C1CCSC1. The number of hydrogen-bond donors (Lipinski definition) is 0. The van der Waals surface area contributed by atoms with Crippen LogP contribution in [0.1, 0.15) is 16.8 Å². The molecular formula is C16H16FNOS. The summed E-state index contributed by atoms with van der Waals surface area (Å²) in [5, 5.41) is 1.20. The third-order valence-electron chi connectivity index (χ3n) is 3.87. The van der Waals surface area contributed by atoms with Gasteiger partial charge >= 0.3 is 0 Å². The molecule has 0 saturated carbocycles. The first-order valence-corrected chi connectivity index (χ1v) is 7.86. The zero-order valence-corrected chi connectivity index (χ0v) is 12.1. The van der Waals surface area contributed by atoms with Crippen molar-refractivity contribution in [2.45, 2.75) is 12.5 Å². The van der Waals surface area contributed by atoms with Crippen LogP contribution >= 0.6 is 11.8 Å². The normalized spacial score (nSPS) is 18.4. The molecule has 1 amide bonds. The van der Waals surface area contributed by atoms with Crippen molar-refractivity contribution < 1.29 is 9.18 Å². The molecule has 0 aliphatic carbocycles. The summed E-state index contributed by atoms with van der Waals surface area (Å²) in [6.07, 6.45) is 1.03. The minimum absolute atomic E-state index is 0.0197. The van der Waals surface area contributed by atoms with Gasteiger partial charge in [0.25, 0.3) is 5.91 Å². The number of rotatable bonds is 2. The van der Waals surface area contributed by atoms with Crippen LogP contribution in [0.4, 0.5) is 4.39 Å². The maximum atomic E-state index is 13.8. The molecule has 1 unspecified atom stereocenters. The van der Waals surface area contributed by atoms with Crippen LogP contribution in [0.5, 0.6) is 0 Å². The van der Waals surface area contributed by atoms with Crippen LogP contribution in [0.3, 0.4) is 0 Å². The van der Waals surface area contributed by atoms with E-state index in [1.807, 2.05) is 30.9 Å². The predicted octanol–water partition coefficient (Wildman–Crippen LogP) is 3.56. The maximum Gasteiger partial charge on any atom is 0.254 e. The Morgan fingerprint density at radius 2 is 2.00 bits per heavy atom. The van der Waals surface area contributed by atoms with Gasteiger partial charge in [0.15, 0.2) is 0 Å². The first-order valence-electron chi connectivity index (χ1n) is 6.70. The molecule has 1 heterocycles. The van der Waals surface area contributed by atoms with E-state index in [0.29, 0.717) is 16.3 Å². The average molecular weight is 289 g/mol. The Bertz CT molecular complexity index is 652. The highest BCUT2D eigenvalue weighted by molar-refractivity contribution is 7.99. The Hall–Kier alpha value is -1.55. The monoisotopic (exact) mass is 289 g/mol. The van der Waals surface area contributed by atoms with Crippen molar-refractivity contribution in [1.29, 1.82) is 0 Å². The second-order valence-corrected chi connectivity index (χ2v) is 6.22. The molecular weight excluding hydrogens is 273 g/mol. The van der Waals surface area contributed by atoms with Gasteiger partial charge in [-0.3, -0.25) is 4.79 Å². The van der Waals surface area contributed by atoms with Crippen molar-refractivity contribution >= 4 is 28.4 Å². The van der Waals surface area contributed by atoms with Gasteiger partial charge in [0.05, 0.1) is 0 Å². The smallest absolute Gasteiger partial charge is 0.254 e. The number of carbonyl (C=O) groups excluding carboxylic acids is 1. The van der Waals surface area contributed by atoms with Crippen molar-refractivity contribution in [3.8, 4) is 0 Å². The molecule has 104 valence electrons. The predicted molar refractivity (Wildman–Crippen MR) is 81.7 cm³/mol. The number of nitrogens with zero attached hydrogens (tertiary/aromatic N) is 1. The van der Waals surface area contributed by atoms with Crippen LogP contribution < -0.4 is 0 Å². The van der Waals surface area contributed by atoms with Crippen molar-refractivity contribution in [3.63, 3.8) is 0 Å². The average Bonchev–Trinajstić information content (AvgIpc) is 3.01. The summed E-state index contributed by atoms with van der Waals surface area (Å²) >= 11 is 1.88. The lowest BCUT2D eigenvalue weighted by Gasteiger charge is -2.24. The van der Waals surface area contributed by atoms with E-state index in [0.717, 1.165) is 17.9 Å². The lowest BCUT2D eigenvalue weighted by molar-refractivity contribution is 0.0750. The van der Waals surface area contributed by atoms with Crippen molar-refractivity contribution in [1.82, 2.24) is 4.90 Å². The highest BCUT2D eigenvalue weighted by atomic mass is 32.2. The zero-order valence-electron chi connectivity index (χ0n) is 11.3. The summed E-state index contributed by atoms with van der Waals surface area (Å²) in [6, 6.07) is 10.4. The minimum Gasteiger partial charge on any atom is -0.338 e. The number of hydrogen-bond acceptors (Lipinski definition) is 2. The Morgan fingerprint density at radius 3 is 2.70 bits per heavy atom. The molecule has 2 aromatic rings. The van der Waals surface area contributed by atoms with Gasteiger partial charge in [0.1, 0.15) is 5.82 Å². The zero-order chi connectivity index (χ0) is 14.1. The van der Waals surface area contributed by atoms with Crippen LogP contribution in [-0.2, 0) is 0 Å². The van der Waals surface area contributed by atoms with E-state index in [2.05, 4.69) is 0 Å². The van der Waals surface area contributed by atoms with Gasteiger partial charge in [-0.15, -0.1) is 0 Å². The van der Waals surface area contributed by atoms with Gasteiger partial charge in [-0.05, 0) is 29.7 Å². The molecule has 1 atom stereocenters. The van der Waals surface area contributed by atoms with Crippen LogP contribution in [0.2, 0.25) is 0 Å². The first-order chi connectivity index (χ1) is 9.68. The topological polar surface area (TPSA) is 20.3 Å². The molecule has 0 radical (unpaired) electrons. The number of carbonyl (C=O) groups is 1. The fraction of sp³-hybridized carbons (Fsp3) is 0.312. The summed E-state index contributed by atoms with van der Waals surface area (Å²) < 4.78 is 13.8. The Balaban J connectivity index is 2.01. The van der Waals surface area contributed by atoms with Crippen LogP contribution in [0.25, 0.3) is 10.8 Å². The largest absolute Gasteiger partial charge is 0.338 e. The number of halogens is 1. The number of thioether (sulfide) groups is 1. The summed E-state index contributed by atoms with van der Waals surface area (Å²) in [6.45, 7) is 0. The van der Waals surface area contributed by atoms with Crippen LogP contribution in [-0.4, -0.2) is 35.4 Å². The van der Waals surface area contributed by atoms with E-state index in [4.69, 9.17) is 0 Å². The molecule has 1 aliphatic rings. The third-order valence-corrected chi connectivity index (χ3v) is 5.02. The van der Waals surface area contributed by atoms with E-state index in [1.165, 1.54) is 6.07 Å². The summed E-state index contributed by atoms with van der Waals surface area (Å²) in [5.74, 6) is 1.79. The van der Waals surface area contributed by atoms with Gasteiger partial charge in [0.2, 0.25) is 0 Å². The molecule has 0 N–H and O–H groups in total. The summed E-state index contributed by atoms with van der Waals surface area (Å²) in [7, 11) is 1.84. The molecule has 1 aliphatic heterocycles. The Labute approximate surface area is 122 Å². The van der Waals surface area contributed by atoms with E-state index in [-0.39, 0.29) is 17.8 Å². The number of amides is 1. The molecule has 20 heavy (non-hydrogen) atoms. The van der Waals surface area contributed by atoms with E-state index in [9.17, 15) is 9.18 Å². The second-order valence-electron chi connectivity index (χ2n) is 5.07. The highest BCUT2D eigenvalue weighted by Crippen LogP contribution is 2.26. The second kappa shape index (κ2) is 5.44. The fourth-order valence-electron chi connectivity index (χ4n) is 2.63. The lowest BCUT2D eigenvalue weighted by Crippen LogP contribution is -2.37. The van der Waals surface area contributed by atoms with Gasteiger partial charge in [-0.1, -0.05) is 24.3 Å². The van der Waals surface area contributed by atoms with E-state index < -0.39 is 0 Å². The first kappa shape index (κ1) is 13.4. The molecule has 2 aromatic carbocycles. The quantitative estimate of drug-likeness (QED) is 0.842. The third kappa shape index (κ3) is 2.29. The maximum absolute atomic E-state index is 13.8. The van der Waals surface area contributed by atoms with Gasteiger partial charge in [-0.2, -0.15) is 11.8 Å². The number of benzene rings is 2. The minimum atomic E-state index is -0.281. The molecule has 0 bridgehead atoms. The molecule has 3 rings (SSSR count). The lowest BCUT2D eigenvalue weighted by atomic mass is 10.0. The van der Waals surface area contributed by atoms with Crippen molar-refractivity contribution in [2.75, 3.05) is 18.6 Å². The van der Waals surface area contributed by atoms with Gasteiger partial charge < -0.3 is 4.90 Å². The van der Waals surface area contributed by atoms with Crippen LogP contribution in [0, 0.1) is 5.82 Å².